The number of imide groups is 1. The van der Waals surface area contributed by atoms with E-state index in [9.17, 15) is 14.0 Å². The summed E-state index contributed by atoms with van der Waals surface area (Å²) in [6.07, 6.45) is 0. The van der Waals surface area contributed by atoms with Crippen LogP contribution in [0.5, 0.6) is 0 Å². The Kier molecular flexibility index (Phi) is 5.92. The number of halogens is 1. The Hall–Kier alpha value is -2.15. The monoisotopic (exact) mass is 322 g/mol. The lowest BCUT2D eigenvalue weighted by atomic mass is 10.2. The second kappa shape index (κ2) is 7.92. The molecule has 1 unspecified atom stereocenters. The number of piperazine rings is 1. The van der Waals surface area contributed by atoms with Crippen molar-refractivity contribution < 1.29 is 14.0 Å². The van der Waals surface area contributed by atoms with E-state index < -0.39 is 6.03 Å². The molecule has 1 fully saturated rings. The van der Waals surface area contributed by atoms with Crippen LogP contribution in [-0.2, 0) is 4.79 Å². The SMILES string of the molecule is CCNC(=O)NC(=O)C(C)N1CCN(c2ccc(F)cc2)CC1. The molecule has 1 saturated heterocycles. The third-order valence-corrected chi connectivity index (χ3v) is 4.01. The molecule has 7 heteroatoms. The number of urea groups is 1. The smallest absolute Gasteiger partial charge is 0.321 e. The molecule has 0 spiro atoms. The molecule has 1 aromatic rings. The minimum Gasteiger partial charge on any atom is -0.369 e. The van der Waals surface area contributed by atoms with Gasteiger partial charge in [-0.25, -0.2) is 9.18 Å². The maximum Gasteiger partial charge on any atom is 0.321 e. The molecule has 3 amide bonds. The van der Waals surface area contributed by atoms with Crippen molar-refractivity contribution in [3.8, 4) is 0 Å². The average molecular weight is 322 g/mol. The molecule has 0 radical (unpaired) electrons. The summed E-state index contributed by atoms with van der Waals surface area (Å²) in [6.45, 7) is 6.99. The lowest BCUT2D eigenvalue weighted by Gasteiger charge is -2.38. The van der Waals surface area contributed by atoms with Gasteiger partial charge in [0.25, 0.3) is 0 Å². The number of anilines is 1. The lowest BCUT2D eigenvalue weighted by Crippen LogP contribution is -2.55. The second-order valence-corrected chi connectivity index (χ2v) is 5.52. The normalized spacial score (nSPS) is 16.7. The Labute approximate surface area is 135 Å². The van der Waals surface area contributed by atoms with Crippen molar-refractivity contribution in [2.75, 3.05) is 37.6 Å². The first-order valence-electron chi connectivity index (χ1n) is 7.84. The van der Waals surface area contributed by atoms with Gasteiger partial charge in [-0.1, -0.05) is 0 Å². The van der Waals surface area contributed by atoms with E-state index in [0.717, 1.165) is 18.8 Å². The molecule has 2 rings (SSSR count). The van der Waals surface area contributed by atoms with Gasteiger partial charge in [0.05, 0.1) is 6.04 Å². The van der Waals surface area contributed by atoms with Crippen molar-refractivity contribution in [2.45, 2.75) is 19.9 Å². The molecule has 0 saturated carbocycles. The molecule has 6 nitrogen and oxygen atoms in total. The summed E-state index contributed by atoms with van der Waals surface area (Å²) < 4.78 is 13.0. The number of benzene rings is 1. The maximum absolute atomic E-state index is 13.0. The fraction of sp³-hybridized carbons (Fsp3) is 0.500. The standard InChI is InChI=1S/C16H23FN4O2/c1-3-18-16(23)19-15(22)12(2)20-8-10-21(11-9-20)14-6-4-13(17)5-7-14/h4-7,12H,3,8-11H2,1-2H3,(H2,18,19,22,23). The van der Waals surface area contributed by atoms with Crippen LogP contribution in [0.1, 0.15) is 13.8 Å². The summed E-state index contributed by atoms with van der Waals surface area (Å²) >= 11 is 0. The van der Waals surface area contributed by atoms with Crippen molar-refractivity contribution in [3.05, 3.63) is 30.1 Å². The van der Waals surface area contributed by atoms with Gasteiger partial charge in [0.1, 0.15) is 5.82 Å². The molecule has 0 aliphatic carbocycles. The van der Waals surface area contributed by atoms with Crippen LogP contribution in [0.2, 0.25) is 0 Å². The Morgan fingerprint density at radius 1 is 1.17 bits per heavy atom. The van der Waals surface area contributed by atoms with Gasteiger partial charge < -0.3 is 10.2 Å². The Morgan fingerprint density at radius 2 is 1.78 bits per heavy atom. The summed E-state index contributed by atoms with van der Waals surface area (Å²) in [7, 11) is 0. The van der Waals surface area contributed by atoms with E-state index >= 15 is 0 Å². The van der Waals surface area contributed by atoms with Crippen molar-refractivity contribution in [1.29, 1.82) is 0 Å². The number of carbonyl (C=O) groups is 2. The zero-order chi connectivity index (χ0) is 16.8. The Bertz CT molecular complexity index is 542. The molecule has 1 heterocycles. The van der Waals surface area contributed by atoms with Crippen LogP contribution in [0.15, 0.2) is 24.3 Å². The van der Waals surface area contributed by atoms with Crippen LogP contribution >= 0.6 is 0 Å². The first-order valence-corrected chi connectivity index (χ1v) is 7.84. The number of nitrogens with zero attached hydrogens (tertiary/aromatic N) is 2. The zero-order valence-corrected chi connectivity index (χ0v) is 13.5. The van der Waals surface area contributed by atoms with Crippen LogP contribution in [-0.4, -0.2) is 55.6 Å². The van der Waals surface area contributed by atoms with E-state index in [2.05, 4.69) is 15.5 Å². The van der Waals surface area contributed by atoms with Gasteiger partial charge in [0.2, 0.25) is 5.91 Å². The number of nitrogens with one attached hydrogen (secondary N) is 2. The van der Waals surface area contributed by atoms with E-state index in [-0.39, 0.29) is 17.8 Å². The third kappa shape index (κ3) is 4.66. The van der Waals surface area contributed by atoms with Gasteiger partial charge in [0, 0.05) is 38.4 Å². The van der Waals surface area contributed by atoms with Gasteiger partial charge in [-0.15, -0.1) is 0 Å². The average Bonchev–Trinajstić information content (AvgIpc) is 2.55. The highest BCUT2D eigenvalue weighted by Crippen LogP contribution is 2.17. The topological polar surface area (TPSA) is 64.7 Å². The molecule has 23 heavy (non-hydrogen) atoms. The van der Waals surface area contributed by atoms with Crippen molar-refractivity contribution >= 4 is 17.6 Å². The minimum atomic E-state index is -0.464. The molecule has 0 aromatic heterocycles. The van der Waals surface area contributed by atoms with E-state index in [1.54, 1.807) is 26.0 Å². The van der Waals surface area contributed by atoms with E-state index in [4.69, 9.17) is 0 Å². The zero-order valence-electron chi connectivity index (χ0n) is 13.5. The first kappa shape index (κ1) is 17.2. The van der Waals surface area contributed by atoms with Crippen LogP contribution < -0.4 is 15.5 Å². The summed E-state index contributed by atoms with van der Waals surface area (Å²) in [4.78, 5) is 27.6. The van der Waals surface area contributed by atoms with Crippen LogP contribution in [0, 0.1) is 5.82 Å². The fourth-order valence-corrected chi connectivity index (χ4v) is 2.61. The van der Waals surface area contributed by atoms with Crippen LogP contribution in [0.25, 0.3) is 0 Å². The van der Waals surface area contributed by atoms with Crippen molar-refractivity contribution in [1.82, 2.24) is 15.5 Å². The molecule has 1 aliphatic rings. The summed E-state index contributed by atoms with van der Waals surface area (Å²) in [5, 5.41) is 4.88. The molecule has 2 N–H and O–H groups in total. The van der Waals surface area contributed by atoms with Gasteiger partial charge >= 0.3 is 6.03 Å². The molecule has 126 valence electrons. The number of carbonyl (C=O) groups excluding carboxylic acids is 2. The Morgan fingerprint density at radius 3 is 2.35 bits per heavy atom. The van der Waals surface area contributed by atoms with Crippen LogP contribution in [0.3, 0.4) is 0 Å². The number of hydrogen-bond donors (Lipinski definition) is 2. The highest BCUT2D eigenvalue weighted by molar-refractivity contribution is 5.96. The molecule has 1 aliphatic heterocycles. The second-order valence-electron chi connectivity index (χ2n) is 5.52. The van der Waals surface area contributed by atoms with Crippen molar-refractivity contribution in [3.63, 3.8) is 0 Å². The summed E-state index contributed by atoms with van der Waals surface area (Å²) in [5.41, 5.74) is 0.977. The van der Waals surface area contributed by atoms with Gasteiger partial charge in [-0.05, 0) is 38.1 Å². The fourth-order valence-electron chi connectivity index (χ4n) is 2.61. The quantitative estimate of drug-likeness (QED) is 0.874. The number of rotatable bonds is 4. The van der Waals surface area contributed by atoms with Gasteiger partial charge in [0.15, 0.2) is 0 Å². The van der Waals surface area contributed by atoms with Crippen LogP contribution in [0.4, 0.5) is 14.9 Å². The number of amides is 3. The minimum absolute atomic E-state index is 0.247. The van der Waals surface area contributed by atoms with Gasteiger partial charge in [-0.2, -0.15) is 0 Å². The predicted molar refractivity (Wildman–Crippen MR) is 86.9 cm³/mol. The molecule has 1 aromatic carbocycles. The molecular formula is C16H23FN4O2. The molecule has 0 bridgehead atoms. The van der Waals surface area contributed by atoms with E-state index in [0.29, 0.717) is 19.6 Å². The Balaban J connectivity index is 1.84. The summed E-state index contributed by atoms with van der Waals surface area (Å²) in [5.74, 6) is -0.547. The van der Waals surface area contributed by atoms with Crippen molar-refractivity contribution in [2.24, 2.45) is 0 Å². The third-order valence-electron chi connectivity index (χ3n) is 4.01. The lowest BCUT2D eigenvalue weighted by molar-refractivity contribution is -0.124. The highest BCUT2D eigenvalue weighted by Gasteiger charge is 2.26. The van der Waals surface area contributed by atoms with Gasteiger partial charge in [-0.3, -0.25) is 15.0 Å². The summed E-state index contributed by atoms with van der Waals surface area (Å²) in [6, 6.07) is 5.59. The largest absolute Gasteiger partial charge is 0.369 e. The highest BCUT2D eigenvalue weighted by atomic mass is 19.1. The predicted octanol–water partition coefficient (Wildman–Crippen LogP) is 1.18. The molecular weight excluding hydrogens is 299 g/mol. The van der Waals surface area contributed by atoms with E-state index in [1.165, 1.54) is 12.1 Å². The maximum atomic E-state index is 13.0. The first-order chi connectivity index (χ1) is 11.0. The van der Waals surface area contributed by atoms with E-state index in [1.807, 2.05) is 4.90 Å². The molecule has 1 atom stereocenters. The number of hydrogen-bond acceptors (Lipinski definition) is 4.